The van der Waals surface area contributed by atoms with Crippen molar-refractivity contribution in [1.82, 2.24) is 10.2 Å². The summed E-state index contributed by atoms with van der Waals surface area (Å²) in [6.45, 7) is 1.42. The first-order valence-electron chi connectivity index (χ1n) is 7.40. The van der Waals surface area contributed by atoms with Crippen molar-refractivity contribution in [2.45, 2.75) is 19.8 Å². The number of imide groups is 1. The first-order chi connectivity index (χ1) is 11.0. The molecule has 0 aromatic heterocycles. The van der Waals surface area contributed by atoms with E-state index in [0.717, 1.165) is 4.90 Å². The molecule has 1 unspecified atom stereocenters. The molecule has 0 aliphatic carbocycles. The molecule has 1 aliphatic rings. The number of carbonyl (C=O) groups excluding carboxylic acids is 3. The molecule has 0 saturated carbocycles. The molecule has 23 heavy (non-hydrogen) atoms. The van der Waals surface area contributed by atoms with Crippen LogP contribution in [0.15, 0.2) is 24.3 Å². The normalized spacial score (nSPS) is 14.6. The minimum absolute atomic E-state index is 0.0226. The van der Waals surface area contributed by atoms with Gasteiger partial charge in [0.1, 0.15) is 6.54 Å². The Morgan fingerprint density at radius 2 is 1.74 bits per heavy atom. The molecule has 2 N–H and O–H groups in total. The van der Waals surface area contributed by atoms with Crippen molar-refractivity contribution in [2.75, 3.05) is 13.1 Å². The van der Waals surface area contributed by atoms with Gasteiger partial charge in [0.05, 0.1) is 17.0 Å². The lowest BCUT2D eigenvalue weighted by atomic mass is 10.0. The lowest BCUT2D eigenvalue weighted by Gasteiger charge is -2.16. The second-order valence-corrected chi connectivity index (χ2v) is 5.37. The first-order valence-corrected chi connectivity index (χ1v) is 7.40. The number of aliphatic carboxylic acids is 1. The zero-order chi connectivity index (χ0) is 17.0. The van der Waals surface area contributed by atoms with Crippen LogP contribution in [0, 0.1) is 5.92 Å². The van der Waals surface area contributed by atoms with E-state index in [1.807, 2.05) is 6.92 Å². The molecule has 1 aliphatic heterocycles. The molecule has 7 nitrogen and oxygen atoms in total. The van der Waals surface area contributed by atoms with Crippen molar-refractivity contribution in [2.24, 2.45) is 5.92 Å². The van der Waals surface area contributed by atoms with Crippen molar-refractivity contribution < 1.29 is 24.3 Å². The Morgan fingerprint density at radius 3 is 2.22 bits per heavy atom. The van der Waals surface area contributed by atoms with Crippen LogP contribution in [0.5, 0.6) is 0 Å². The van der Waals surface area contributed by atoms with Crippen molar-refractivity contribution in [1.29, 1.82) is 0 Å². The molecule has 0 fully saturated rings. The van der Waals surface area contributed by atoms with Gasteiger partial charge in [-0.1, -0.05) is 25.5 Å². The third-order valence-electron chi connectivity index (χ3n) is 3.71. The van der Waals surface area contributed by atoms with E-state index in [-0.39, 0.29) is 17.7 Å². The lowest BCUT2D eigenvalue weighted by molar-refractivity contribution is -0.142. The van der Waals surface area contributed by atoms with Gasteiger partial charge in [-0.25, -0.2) is 0 Å². The van der Waals surface area contributed by atoms with E-state index in [9.17, 15) is 19.2 Å². The highest BCUT2D eigenvalue weighted by atomic mass is 16.4. The summed E-state index contributed by atoms with van der Waals surface area (Å²) in [5.74, 6) is -3.23. The Labute approximate surface area is 133 Å². The number of benzene rings is 1. The van der Waals surface area contributed by atoms with Crippen LogP contribution >= 0.6 is 0 Å². The fourth-order valence-corrected chi connectivity index (χ4v) is 2.48. The topological polar surface area (TPSA) is 104 Å². The van der Waals surface area contributed by atoms with E-state index in [4.69, 9.17) is 5.11 Å². The van der Waals surface area contributed by atoms with Gasteiger partial charge in [-0.05, 0) is 18.6 Å². The molecule has 1 aromatic rings. The summed E-state index contributed by atoms with van der Waals surface area (Å²) in [6.07, 6.45) is 1.13. The van der Waals surface area contributed by atoms with Crippen LogP contribution in [-0.2, 0) is 9.59 Å². The van der Waals surface area contributed by atoms with E-state index in [1.165, 1.54) is 12.1 Å². The highest BCUT2D eigenvalue weighted by Gasteiger charge is 2.36. The standard InChI is InChI=1S/C16H18N2O5/c1-2-5-10(16(22)23)8-17-13(19)9-18-14(20)11-6-3-4-7-12(11)15(18)21/h3-4,6-7,10H,2,5,8-9H2,1H3,(H,17,19)(H,22,23). The smallest absolute Gasteiger partial charge is 0.308 e. The monoisotopic (exact) mass is 318 g/mol. The van der Waals surface area contributed by atoms with E-state index in [1.54, 1.807) is 12.1 Å². The summed E-state index contributed by atoms with van der Waals surface area (Å²) >= 11 is 0. The van der Waals surface area contributed by atoms with Crippen molar-refractivity contribution >= 4 is 23.7 Å². The van der Waals surface area contributed by atoms with Gasteiger partial charge in [-0.15, -0.1) is 0 Å². The van der Waals surface area contributed by atoms with Gasteiger partial charge in [-0.3, -0.25) is 24.1 Å². The number of rotatable bonds is 7. The van der Waals surface area contributed by atoms with Crippen molar-refractivity contribution in [3.8, 4) is 0 Å². The largest absolute Gasteiger partial charge is 0.481 e. The molecule has 0 bridgehead atoms. The average Bonchev–Trinajstić information content (AvgIpc) is 2.76. The van der Waals surface area contributed by atoms with Crippen LogP contribution in [0.4, 0.5) is 0 Å². The number of nitrogens with zero attached hydrogens (tertiary/aromatic N) is 1. The zero-order valence-corrected chi connectivity index (χ0v) is 12.7. The summed E-state index contributed by atoms with van der Waals surface area (Å²) < 4.78 is 0. The van der Waals surface area contributed by atoms with E-state index < -0.39 is 36.2 Å². The van der Waals surface area contributed by atoms with Crippen LogP contribution < -0.4 is 5.32 Å². The molecule has 122 valence electrons. The number of hydrogen-bond donors (Lipinski definition) is 2. The minimum Gasteiger partial charge on any atom is -0.481 e. The molecule has 2 rings (SSSR count). The minimum atomic E-state index is -0.979. The van der Waals surface area contributed by atoms with Gasteiger partial charge in [0.2, 0.25) is 5.91 Å². The molecular weight excluding hydrogens is 300 g/mol. The molecule has 1 heterocycles. The maximum atomic E-state index is 12.1. The Hall–Kier alpha value is -2.70. The van der Waals surface area contributed by atoms with Gasteiger partial charge < -0.3 is 10.4 Å². The summed E-state index contributed by atoms with van der Waals surface area (Å²) in [5.41, 5.74) is 0.555. The van der Waals surface area contributed by atoms with Gasteiger partial charge in [0, 0.05) is 6.54 Å². The van der Waals surface area contributed by atoms with Crippen LogP contribution in [0.1, 0.15) is 40.5 Å². The Balaban J connectivity index is 1.95. The summed E-state index contributed by atoms with van der Waals surface area (Å²) in [6, 6.07) is 6.37. The number of hydrogen-bond acceptors (Lipinski definition) is 4. The van der Waals surface area contributed by atoms with Crippen LogP contribution in [0.2, 0.25) is 0 Å². The molecule has 1 atom stereocenters. The lowest BCUT2D eigenvalue weighted by Crippen LogP contribution is -2.42. The maximum absolute atomic E-state index is 12.1. The van der Waals surface area contributed by atoms with E-state index >= 15 is 0 Å². The Morgan fingerprint density at radius 1 is 1.17 bits per heavy atom. The van der Waals surface area contributed by atoms with E-state index in [0.29, 0.717) is 12.8 Å². The molecule has 3 amide bonds. The fraction of sp³-hybridized carbons (Fsp3) is 0.375. The number of nitrogens with one attached hydrogen (secondary N) is 1. The number of amides is 3. The quantitative estimate of drug-likeness (QED) is 0.727. The predicted octanol–water partition coefficient (Wildman–Crippen LogP) is 0.900. The first kappa shape index (κ1) is 16.7. The van der Waals surface area contributed by atoms with Crippen LogP contribution in [0.25, 0.3) is 0 Å². The third-order valence-corrected chi connectivity index (χ3v) is 3.71. The molecule has 7 heteroatoms. The second-order valence-electron chi connectivity index (χ2n) is 5.37. The zero-order valence-electron chi connectivity index (χ0n) is 12.7. The predicted molar refractivity (Wildman–Crippen MR) is 80.9 cm³/mol. The summed E-state index contributed by atoms with van der Waals surface area (Å²) in [4.78, 5) is 48.1. The van der Waals surface area contributed by atoms with Crippen LogP contribution in [-0.4, -0.2) is 46.8 Å². The van der Waals surface area contributed by atoms with E-state index in [2.05, 4.69) is 5.32 Å². The summed E-state index contributed by atoms with van der Waals surface area (Å²) in [5, 5.41) is 11.5. The Kier molecular flexibility index (Phi) is 5.10. The molecule has 0 spiro atoms. The number of carboxylic acids is 1. The highest BCUT2D eigenvalue weighted by Crippen LogP contribution is 2.21. The number of carbonyl (C=O) groups is 4. The van der Waals surface area contributed by atoms with Gasteiger partial charge in [0.15, 0.2) is 0 Å². The highest BCUT2D eigenvalue weighted by molar-refractivity contribution is 6.22. The average molecular weight is 318 g/mol. The molecule has 0 radical (unpaired) electrons. The van der Waals surface area contributed by atoms with Gasteiger partial charge in [-0.2, -0.15) is 0 Å². The Bertz CT molecular complexity index is 621. The third kappa shape index (κ3) is 3.56. The van der Waals surface area contributed by atoms with Crippen molar-refractivity contribution in [3.05, 3.63) is 35.4 Å². The SMILES string of the molecule is CCCC(CNC(=O)CN1C(=O)c2ccccc2C1=O)C(=O)O. The van der Waals surface area contributed by atoms with Gasteiger partial charge in [0.25, 0.3) is 11.8 Å². The maximum Gasteiger partial charge on any atom is 0.308 e. The number of fused-ring (bicyclic) bond motifs is 1. The molecule has 0 saturated heterocycles. The fourth-order valence-electron chi connectivity index (χ4n) is 2.48. The molecule has 1 aromatic carbocycles. The van der Waals surface area contributed by atoms with Crippen molar-refractivity contribution in [3.63, 3.8) is 0 Å². The summed E-state index contributed by atoms with van der Waals surface area (Å²) in [7, 11) is 0. The molecular formula is C16H18N2O5. The second kappa shape index (κ2) is 7.04. The number of carboxylic acid groups (broad SMARTS) is 1. The van der Waals surface area contributed by atoms with Gasteiger partial charge >= 0.3 is 5.97 Å². The van der Waals surface area contributed by atoms with Crippen LogP contribution in [0.3, 0.4) is 0 Å².